The van der Waals surface area contributed by atoms with Gasteiger partial charge < -0.3 is 20.5 Å². The maximum Gasteiger partial charge on any atom is 0.408 e. The third kappa shape index (κ3) is 8.82. The number of phenolic OH excluding ortho intramolecular Hbond substituents is 1. The van der Waals surface area contributed by atoms with Crippen molar-refractivity contribution in [2.24, 2.45) is 0 Å². The second kappa shape index (κ2) is 13.8. The van der Waals surface area contributed by atoms with Gasteiger partial charge in [-0.25, -0.2) is 4.79 Å². The first kappa shape index (κ1) is 29.2. The lowest BCUT2D eigenvalue weighted by molar-refractivity contribution is -0.138. The van der Waals surface area contributed by atoms with E-state index in [-0.39, 0.29) is 17.7 Å². The number of hydrogen-bond donors (Lipinski definition) is 3. The summed E-state index contributed by atoms with van der Waals surface area (Å²) in [5.74, 6) is -0.708. The first-order valence-electron chi connectivity index (χ1n) is 11.3. The second-order valence-corrected chi connectivity index (χ2v) is 9.86. The lowest BCUT2D eigenvalue weighted by Crippen LogP contribution is -2.51. The van der Waals surface area contributed by atoms with Crippen molar-refractivity contribution in [2.45, 2.75) is 71.6 Å². The molecule has 9 heteroatoms. The van der Waals surface area contributed by atoms with Crippen LogP contribution >= 0.6 is 11.8 Å². The molecule has 0 saturated heterocycles. The lowest BCUT2D eigenvalue weighted by atomic mass is 9.99. The molecule has 0 saturated carbocycles. The Morgan fingerprint density at radius 2 is 1.97 bits per heavy atom. The van der Waals surface area contributed by atoms with Crippen LogP contribution in [0.3, 0.4) is 0 Å². The Morgan fingerprint density at radius 1 is 1.29 bits per heavy atom. The van der Waals surface area contributed by atoms with Crippen molar-refractivity contribution < 1.29 is 24.2 Å². The predicted octanol–water partition coefficient (Wildman–Crippen LogP) is 3.72. The van der Waals surface area contributed by atoms with E-state index in [1.165, 1.54) is 11.8 Å². The van der Waals surface area contributed by atoms with Crippen molar-refractivity contribution in [3.05, 3.63) is 29.3 Å². The number of para-hydroxylation sites is 1. The van der Waals surface area contributed by atoms with Gasteiger partial charge >= 0.3 is 6.09 Å². The Labute approximate surface area is 207 Å². The number of alkyl carbamates (subject to hydrolysis) is 1. The van der Waals surface area contributed by atoms with Crippen LogP contribution in [0, 0.1) is 19.4 Å². The first-order chi connectivity index (χ1) is 16.0. The van der Waals surface area contributed by atoms with Gasteiger partial charge in [0.15, 0.2) is 6.04 Å². The van der Waals surface area contributed by atoms with Crippen LogP contribution in [0.15, 0.2) is 18.2 Å². The Hall–Kier alpha value is -2.86. The van der Waals surface area contributed by atoms with Gasteiger partial charge in [0, 0.05) is 18.2 Å². The van der Waals surface area contributed by atoms with E-state index in [9.17, 15) is 19.5 Å². The molecular formula is C25H37N3O5S. The van der Waals surface area contributed by atoms with Crippen molar-refractivity contribution in [1.29, 1.82) is 0 Å². The zero-order valence-corrected chi connectivity index (χ0v) is 21.8. The monoisotopic (exact) mass is 491 g/mol. The fourth-order valence-corrected chi connectivity index (χ4v) is 3.63. The highest BCUT2D eigenvalue weighted by molar-refractivity contribution is 7.98. The molecule has 0 heterocycles. The van der Waals surface area contributed by atoms with Gasteiger partial charge in [-0.15, -0.1) is 0 Å². The van der Waals surface area contributed by atoms with E-state index in [2.05, 4.69) is 16.7 Å². The molecule has 0 bridgehead atoms. The van der Waals surface area contributed by atoms with Gasteiger partial charge in [-0.2, -0.15) is 11.8 Å². The number of thioether (sulfide) groups is 1. The SMILES string of the molecule is C#CN(C(=O)C(CCSC)NC(=O)OC(C)(C)C)C(C(=O)NCCCC)c1cccc(C)c1O. The van der Waals surface area contributed by atoms with Gasteiger partial charge in [-0.05, 0) is 58.1 Å². The summed E-state index contributed by atoms with van der Waals surface area (Å²) in [6.45, 7) is 9.24. The highest BCUT2D eigenvalue weighted by atomic mass is 32.2. The van der Waals surface area contributed by atoms with Crippen LogP contribution < -0.4 is 10.6 Å². The average Bonchev–Trinajstić information content (AvgIpc) is 2.75. The van der Waals surface area contributed by atoms with Gasteiger partial charge in [-0.3, -0.25) is 14.5 Å². The van der Waals surface area contributed by atoms with Gasteiger partial charge in [0.2, 0.25) is 5.91 Å². The number of unbranched alkanes of at least 4 members (excludes halogenated alkanes) is 1. The molecule has 1 rings (SSSR count). The standard InChI is InChI=1S/C25H37N3O5S/c1-8-10-15-26-22(30)20(18-13-11-12-17(3)21(18)29)28(9-2)23(31)19(14-16-34-7)27-24(32)33-25(4,5)6/h2,11-13,19-20,29H,8,10,14-16H2,1,3-7H3,(H,26,30)(H,27,32). The normalized spacial score (nSPS) is 12.7. The maximum atomic E-state index is 13.6. The molecule has 0 aliphatic carbocycles. The number of aromatic hydroxyl groups is 1. The molecule has 0 radical (unpaired) electrons. The van der Waals surface area contributed by atoms with Crippen LogP contribution in [0.4, 0.5) is 4.79 Å². The number of hydrogen-bond acceptors (Lipinski definition) is 6. The number of phenols is 1. The lowest BCUT2D eigenvalue weighted by Gasteiger charge is -2.31. The van der Waals surface area contributed by atoms with E-state index in [1.54, 1.807) is 45.9 Å². The average molecular weight is 492 g/mol. The summed E-state index contributed by atoms with van der Waals surface area (Å²) in [6, 6.07) is 4.95. The highest BCUT2D eigenvalue weighted by Crippen LogP contribution is 2.32. The van der Waals surface area contributed by atoms with Crippen LogP contribution in [0.5, 0.6) is 5.75 Å². The molecule has 3 N–H and O–H groups in total. The molecule has 8 nitrogen and oxygen atoms in total. The van der Waals surface area contributed by atoms with E-state index in [0.717, 1.165) is 17.7 Å². The Kier molecular flexibility index (Phi) is 11.8. The number of amides is 3. The molecular weight excluding hydrogens is 454 g/mol. The van der Waals surface area contributed by atoms with Crippen molar-refractivity contribution >= 4 is 29.7 Å². The molecule has 1 aromatic carbocycles. The number of nitrogens with zero attached hydrogens (tertiary/aromatic N) is 1. The number of benzene rings is 1. The summed E-state index contributed by atoms with van der Waals surface area (Å²) in [5.41, 5.74) is -0.00168. The summed E-state index contributed by atoms with van der Waals surface area (Å²) in [7, 11) is 0. The summed E-state index contributed by atoms with van der Waals surface area (Å²) >= 11 is 1.50. The van der Waals surface area contributed by atoms with Crippen molar-refractivity contribution in [2.75, 3.05) is 18.6 Å². The van der Waals surface area contributed by atoms with E-state index in [1.807, 2.05) is 13.2 Å². The number of terminal acetylenes is 1. The topological polar surface area (TPSA) is 108 Å². The van der Waals surface area contributed by atoms with Crippen LogP contribution in [0.25, 0.3) is 0 Å². The summed E-state index contributed by atoms with van der Waals surface area (Å²) in [6.07, 6.45) is 8.75. The van der Waals surface area contributed by atoms with Gasteiger partial charge in [0.25, 0.3) is 5.91 Å². The number of rotatable bonds is 11. The molecule has 2 atom stereocenters. The third-order valence-corrected chi connectivity index (χ3v) is 5.52. The van der Waals surface area contributed by atoms with Crippen molar-refractivity contribution in [3.63, 3.8) is 0 Å². The fourth-order valence-electron chi connectivity index (χ4n) is 3.16. The van der Waals surface area contributed by atoms with Crippen LogP contribution in [-0.2, 0) is 14.3 Å². The minimum Gasteiger partial charge on any atom is -0.507 e. The van der Waals surface area contributed by atoms with Crippen molar-refractivity contribution in [3.8, 4) is 18.2 Å². The fraction of sp³-hybridized carbons (Fsp3) is 0.560. The molecule has 0 fully saturated rings. The highest BCUT2D eigenvalue weighted by Gasteiger charge is 2.37. The maximum absolute atomic E-state index is 13.6. The molecule has 1 aromatic rings. The number of aryl methyl sites for hydroxylation is 1. The van der Waals surface area contributed by atoms with Gasteiger partial charge in [-0.1, -0.05) is 38.0 Å². The second-order valence-electron chi connectivity index (χ2n) is 8.88. The third-order valence-electron chi connectivity index (χ3n) is 4.88. The van der Waals surface area contributed by atoms with E-state index < -0.39 is 35.6 Å². The Bertz CT molecular complexity index is 892. The minimum absolute atomic E-state index is 0.119. The number of ether oxygens (including phenoxy) is 1. The number of nitrogens with one attached hydrogen (secondary N) is 2. The summed E-state index contributed by atoms with van der Waals surface area (Å²) in [5, 5.41) is 16.1. The van der Waals surface area contributed by atoms with Gasteiger partial charge in [0.1, 0.15) is 17.4 Å². The Balaban J connectivity index is 3.37. The summed E-state index contributed by atoms with van der Waals surface area (Å²) in [4.78, 5) is 40.1. The zero-order chi connectivity index (χ0) is 25.9. The van der Waals surface area contributed by atoms with Crippen LogP contribution in [0.2, 0.25) is 0 Å². The summed E-state index contributed by atoms with van der Waals surface area (Å²) < 4.78 is 5.31. The molecule has 2 unspecified atom stereocenters. The largest absolute Gasteiger partial charge is 0.507 e. The zero-order valence-electron chi connectivity index (χ0n) is 20.9. The minimum atomic E-state index is -1.27. The van der Waals surface area contributed by atoms with Crippen LogP contribution in [-0.4, -0.2) is 58.1 Å². The number of carbonyl (C=O) groups is 3. The molecule has 0 aromatic heterocycles. The number of carbonyl (C=O) groups excluding carboxylic acids is 3. The van der Waals surface area contributed by atoms with E-state index in [0.29, 0.717) is 17.9 Å². The molecule has 0 aliphatic rings. The van der Waals surface area contributed by atoms with E-state index >= 15 is 0 Å². The van der Waals surface area contributed by atoms with Crippen LogP contribution in [0.1, 0.15) is 64.1 Å². The predicted molar refractivity (Wildman–Crippen MR) is 135 cm³/mol. The quantitative estimate of drug-likeness (QED) is 0.247. The molecule has 34 heavy (non-hydrogen) atoms. The first-order valence-corrected chi connectivity index (χ1v) is 12.7. The van der Waals surface area contributed by atoms with Gasteiger partial charge in [0.05, 0.1) is 0 Å². The smallest absolute Gasteiger partial charge is 0.408 e. The van der Waals surface area contributed by atoms with Crippen molar-refractivity contribution in [1.82, 2.24) is 15.5 Å². The molecule has 0 aliphatic heterocycles. The van der Waals surface area contributed by atoms with E-state index in [4.69, 9.17) is 11.2 Å². The molecule has 0 spiro atoms. The molecule has 3 amide bonds. The Morgan fingerprint density at radius 3 is 2.53 bits per heavy atom. The molecule has 188 valence electrons.